The van der Waals surface area contributed by atoms with Gasteiger partial charge in [-0.15, -0.1) is 0 Å². The maximum Gasteiger partial charge on any atom is 0.126 e. The van der Waals surface area contributed by atoms with Crippen LogP contribution in [0.3, 0.4) is 0 Å². The van der Waals surface area contributed by atoms with Crippen molar-refractivity contribution in [3.05, 3.63) is 22.8 Å². The van der Waals surface area contributed by atoms with E-state index < -0.39 is 0 Å². The molecule has 3 nitrogen and oxygen atoms in total. The van der Waals surface area contributed by atoms with Gasteiger partial charge in [-0.3, -0.25) is 0 Å². The van der Waals surface area contributed by atoms with Crippen molar-refractivity contribution in [1.82, 2.24) is 4.98 Å². The first-order chi connectivity index (χ1) is 9.17. The number of rotatable bonds is 9. The van der Waals surface area contributed by atoms with Gasteiger partial charge in [0.15, 0.2) is 0 Å². The zero-order valence-corrected chi connectivity index (χ0v) is 13.0. The average molecular weight is 285 g/mol. The molecule has 0 spiro atoms. The number of nitrogens with zero attached hydrogens (tertiary/aromatic N) is 1. The molecule has 1 atom stereocenters. The predicted molar refractivity (Wildman–Crippen MR) is 81.8 cm³/mol. The molecule has 0 aliphatic rings. The molecular formula is C15H25ClN2O. The molecule has 0 aliphatic heterocycles. The molecule has 1 aromatic rings. The largest absolute Gasteiger partial charge is 0.373 e. The smallest absolute Gasteiger partial charge is 0.126 e. The van der Waals surface area contributed by atoms with Crippen LogP contribution in [0.15, 0.2) is 12.1 Å². The predicted octanol–water partition coefficient (Wildman–Crippen LogP) is 4.65. The molecule has 0 aliphatic carbocycles. The second-order valence-electron chi connectivity index (χ2n) is 4.85. The Morgan fingerprint density at radius 3 is 2.79 bits per heavy atom. The van der Waals surface area contributed by atoms with E-state index in [4.69, 9.17) is 16.3 Å². The second kappa shape index (κ2) is 9.16. The van der Waals surface area contributed by atoms with E-state index in [1.54, 1.807) is 0 Å². The van der Waals surface area contributed by atoms with Gasteiger partial charge in [-0.1, -0.05) is 44.2 Å². The number of pyridine rings is 1. The van der Waals surface area contributed by atoms with Gasteiger partial charge in [0.2, 0.25) is 0 Å². The average Bonchev–Trinajstić information content (AvgIpc) is 2.43. The summed E-state index contributed by atoms with van der Waals surface area (Å²) < 4.78 is 5.81. The van der Waals surface area contributed by atoms with E-state index in [-0.39, 0.29) is 6.10 Å². The molecule has 0 saturated carbocycles. The third kappa shape index (κ3) is 6.26. The highest BCUT2D eigenvalue weighted by molar-refractivity contribution is 6.31. The van der Waals surface area contributed by atoms with Crippen LogP contribution in [0.1, 0.15) is 51.6 Å². The van der Waals surface area contributed by atoms with E-state index >= 15 is 0 Å². The van der Waals surface area contributed by atoms with E-state index in [9.17, 15) is 0 Å². The van der Waals surface area contributed by atoms with E-state index in [1.807, 2.05) is 19.2 Å². The molecule has 0 bridgehead atoms. The van der Waals surface area contributed by atoms with Crippen molar-refractivity contribution in [2.24, 2.45) is 0 Å². The van der Waals surface area contributed by atoms with Crippen molar-refractivity contribution in [2.75, 3.05) is 12.4 Å². The van der Waals surface area contributed by atoms with Gasteiger partial charge in [0.25, 0.3) is 0 Å². The number of nitrogens with one attached hydrogen (secondary N) is 1. The van der Waals surface area contributed by atoms with Crippen molar-refractivity contribution in [1.29, 1.82) is 0 Å². The third-order valence-electron chi connectivity index (χ3n) is 3.14. The molecule has 108 valence electrons. The summed E-state index contributed by atoms with van der Waals surface area (Å²) in [5.41, 5.74) is 0.800. The molecule has 4 heteroatoms. The number of unbranched alkanes of at least 4 members (excludes halogenated alkanes) is 3. The normalized spacial score (nSPS) is 12.4. The van der Waals surface area contributed by atoms with Gasteiger partial charge in [0, 0.05) is 7.05 Å². The maximum atomic E-state index is 6.11. The van der Waals surface area contributed by atoms with Crippen LogP contribution >= 0.6 is 11.6 Å². The van der Waals surface area contributed by atoms with Crippen molar-refractivity contribution in [3.63, 3.8) is 0 Å². The van der Waals surface area contributed by atoms with Crippen LogP contribution in [0.5, 0.6) is 0 Å². The van der Waals surface area contributed by atoms with Crippen LogP contribution in [0, 0.1) is 0 Å². The monoisotopic (exact) mass is 284 g/mol. The van der Waals surface area contributed by atoms with Crippen LogP contribution in [0.25, 0.3) is 0 Å². The molecule has 0 fully saturated rings. The fourth-order valence-corrected chi connectivity index (χ4v) is 2.05. The first kappa shape index (κ1) is 16.3. The standard InChI is InChI=1S/C15H25ClN2O/c1-4-5-6-7-8-12(2)19-11-14-13(16)9-10-15(17-3)18-14/h9-10,12H,4-8,11H2,1-3H3,(H,17,18). The molecular weight excluding hydrogens is 260 g/mol. The number of ether oxygens (including phenoxy) is 1. The lowest BCUT2D eigenvalue weighted by atomic mass is 10.1. The van der Waals surface area contributed by atoms with Crippen molar-refractivity contribution in [2.45, 2.75) is 58.7 Å². The fraction of sp³-hybridized carbons (Fsp3) is 0.667. The Labute approximate surface area is 121 Å². The lowest BCUT2D eigenvalue weighted by Crippen LogP contribution is -2.09. The Kier molecular flexibility index (Phi) is 7.84. The molecule has 1 heterocycles. The lowest BCUT2D eigenvalue weighted by Gasteiger charge is -2.13. The molecule has 1 N–H and O–H groups in total. The summed E-state index contributed by atoms with van der Waals surface area (Å²) in [5.74, 6) is 0.818. The van der Waals surface area contributed by atoms with Gasteiger partial charge >= 0.3 is 0 Å². The van der Waals surface area contributed by atoms with Gasteiger partial charge in [-0.05, 0) is 25.5 Å². The third-order valence-corrected chi connectivity index (χ3v) is 3.49. The first-order valence-corrected chi connectivity index (χ1v) is 7.50. The van der Waals surface area contributed by atoms with E-state index in [0.29, 0.717) is 11.6 Å². The number of hydrogen-bond donors (Lipinski definition) is 1. The van der Waals surface area contributed by atoms with Crippen molar-refractivity contribution >= 4 is 17.4 Å². The SMILES string of the molecule is CCCCCCC(C)OCc1nc(NC)ccc1Cl. The quantitative estimate of drug-likeness (QED) is 0.670. The molecule has 1 unspecified atom stereocenters. The van der Waals surface area contributed by atoms with Crippen LogP contribution in [0.2, 0.25) is 5.02 Å². The topological polar surface area (TPSA) is 34.1 Å². The maximum absolute atomic E-state index is 6.11. The fourth-order valence-electron chi connectivity index (χ4n) is 1.89. The molecule has 0 amide bonds. The van der Waals surface area contributed by atoms with Crippen LogP contribution < -0.4 is 5.32 Å². The minimum Gasteiger partial charge on any atom is -0.373 e. The summed E-state index contributed by atoms with van der Waals surface area (Å²) in [6, 6.07) is 3.71. The number of anilines is 1. The molecule has 1 aromatic heterocycles. The number of hydrogen-bond acceptors (Lipinski definition) is 3. The summed E-state index contributed by atoms with van der Waals surface area (Å²) >= 11 is 6.11. The molecule has 0 aromatic carbocycles. The Morgan fingerprint density at radius 1 is 1.32 bits per heavy atom. The minimum atomic E-state index is 0.257. The first-order valence-electron chi connectivity index (χ1n) is 7.12. The van der Waals surface area contributed by atoms with E-state index in [2.05, 4.69) is 24.1 Å². The van der Waals surface area contributed by atoms with Crippen LogP contribution in [-0.4, -0.2) is 18.1 Å². The number of halogens is 1. The highest BCUT2D eigenvalue weighted by Gasteiger charge is 2.07. The number of aromatic nitrogens is 1. The Bertz CT molecular complexity index is 371. The van der Waals surface area contributed by atoms with Crippen molar-refractivity contribution in [3.8, 4) is 0 Å². The Morgan fingerprint density at radius 2 is 2.11 bits per heavy atom. The van der Waals surface area contributed by atoms with Crippen LogP contribution in [0.4, 0.5) is 5.82 Å². The molecule has 0 saturated heterocycles. The summed E-state index contributed by atoms with van der Waals surface area (Å²) in [5, 5.41) is 3.67. The zero-order valence-electron chi connectivity index (χ0n) is 12.2. The zero-order chi connectivity index (χ0) is 14.1. The summed E-state index contributed by atoms with van der Waals surface area (Å²) in [4.78, 5) is 4.40. The van der Waals surface area contributed by atoms with Gasteiger partial charge < -0.3 is 10.1 Å². The second-order valence-corrected chi connectivity index (χ2v) is 5.25. The van der Waals surface area contributed by atoms with E-state index in [1.165, 1.54) is 25.7 Å². The Hall–Kier alpha value is -0.800. The van der Waals surface area contributed by atoms with Gasteiger partial charge in [0.1, 0.15) is 5.82 Å². The summed E-state index contributed by atoms with van der Waals surface area (Å²) in [7, 11) is 1.84. The van der Waals surface area contributed by atoms with E-state index in [0.717, 1.165) is 17.9 Å². The Balaban J connectivity index is 2.34. The molecule has 0 radical (unpaired) electrons. The van der Waals surface area contributed by atoms with Gasteiger partial charge in [-0.25, -0.2) is 4.98 Å². The van der Waals surface area contributed by atoms with Crippen LogP contribution in [-0.2, 0) is 11.3 Å². The molecule has 1 rings (SSSR count). The highest BCUT2D eigenvalue weighted by atomic mass is 35.5. The van der Waals surface area contributed by atoms with Gasteiger partial charge in [0.05, 0.1) is 23.4 Å². The van der Waals surface area contributed by atoms with Gasteiger partial charge in [-0.2, -0.15) is 0 Å². The lowest BCUT2D eigenvalue weighted by molar-refractivity contribution is 0.0441. The highest BCUT2D eigenvalue weighted by Crippen LogP contribution is 2.18. The summed E-state index contributed by atoms with van der Waals surface area (Å²) in [6.07, 6.45) is 6.46. The minimum absolute atomic E-state index is 0.257. The molecule has 19 heavy (non-hydrogen) atoms. The summed E-state index contributed by atoms with van der Waals surface area (Å²) in [6.45, 7) is 4.81. The van der Waals surface area contributed by atoms with Crippen molar-refractivity contribution < 1.29 is 4.74 Å².